The first kappa shape index (κ1) is 12.9. The van der Waals surface area contributed by atoms with Crippen molar-refractivity contribution in [1.29, 1.82) is 5.41 Å². The van der Waals surface area contributed by atoms with Crippen LogP contribution >= 0.6 is 0 Å². The number of anilines is 1. The van der Waals surface area contributed by atoms with Gasteiger partial charge in [0.15, 0.2) is 0 Å². The van der Waals surface area contributed by atoms with Crippen LogP contribution in [0.4, 0.5) is 5.69 Å². The molecule has 1 aromatic carbocycles. The minimum absolute atomic E-state index is 0.0467. The van der Waals surface area contributed by atoms with Crippen molar-refractivity contribution >= 4 is 11.5 Å². The molecule has 0 saturated carbocycles. The van der Waals surface area contributed by atoms with Gasteiger partial charge in [-0.3, -0.25) is 5.41 Å². The van der Waals surface area contributed by atoms with Crippen LogP contribution in [0.3, 0.4) is 0 Å². The Morgan fingerprint density at radius 2 is 1.56 bits per heavy atom. The topological polar surface area (TPSA) is 30.3 Å². The molecule has 18 heavy (non-hydrogen) atoms. The Hall–Kier alpha value is -1.51. The number of benzene rings is 1. The monoisotopic (exact) mass is 245 g/mol. The predicted octanol–water partition coefficient (Wildman–Crippen LogP) is 2.83. The van der Waals surface area contributed by atoms with Crippen LogP contribution in [-0.4, -0.2) is 36.9 Å². The summed E-state index contributed by atoms with van der Waals surface area (Å²) < 4.78 is 0. The van der Waals surface area contributed by atoms with E-state index in [1.807, 2.05) is 0 Å². The molecular weight excluding hydrogens is 222 g/mol. The number of nitrogens with one attached hydrogen (secondary N) is 1. The lowest BCUT2D eigenvalue weighted by Crippen LogP contribution is -2.51. The van der Waals surface area contributed by atoms with Crippen LogP contribution in [0.15, 0.2) is 30.3 Å². The minimum Gasteiger partial charge on any atom is -0.368 e. The largest absolute Gasteiger partial charge is 0.368 e. The fraction of sp³-hybridized carbons (Fsp3) is 0.533. The predicted molar refractivity (Wildman–Crippen MR) is 77.4 cm³/mol. The summed E-state index contributed by atoms with van der Waals surface area (Å²) in [5, 5.41) is 8.21. The second-order valence-corrected chi connectivity index (χ2v) is 5.91. The van der Waals surface area contributed by atoms with Gasteiger partial charge in [-0.05, 0) is 12.1 Å². The zero-order valence-electron chi connectivity index (χ0n) is 11.6. The highest BCUT2D eigenvalue weighted by Crippen LogP contribution is 2.21. The van der Waals surface area contributed by atoms with Crippen molar-refractivity contribution in [2.75, 3.05) is 31.1 Å². The Morgan fingerprint density at radius 1 is 1.00 bits per heavy atom. The standard InChI is InChI=1S/C15H23N3/c1-15(2,3)14(16)18-11-9-17(10-12-18)13-7-5-4-6-8-13/h4-8,16H,9-12H2,1-3H3. The van der Waals surface area contributed by atoms with Gasteiger partial charge in [0.2, 0.25) is 0 Å². The third-order valence-electron chi connectivity index (χ3n) is 3.43. The van der Waals surface area contributed by atoms with Gasteiger partial charge in [0.25, 0.3) is 0 Å². The lowest BCUT2D eigenvalue weighted by atomic mass is 9.93. The van der Waals surface area contributed by atoms with E-state index in [1.54, 1.807) is 0 Å². The van der Waals surface area contributed by atoms with Gasteiger partial charge in [-0.25, -0.2) is 0 Å². The lowest BCUT2D eigenvalue weighted by Gasteiger charge is -2.40. The van der Waals surface area contributed by atoms with E-state index in [1.165, 1.54) is 5.69 Å². The maximum atomic E-state index is 8.21. The van der Waals surface area contributed by atoms with Gasteiger partial charge in [0.1, 0.15) is 5.84 Å². The highest BCUT2D eigenvalue weighted by molar-refractivity contribution is 5.84. The number of amidine groups is 1. The van der Waals surface area contributed by atoms with Gasteiger partial charge in [-0.2, -0.15) is 0 Å². The zero-order chi connectivity index (χ0) is 13.2. The first-order valence-electron chi connectivity index (χ1n) is 6.62. The number of hydrogen-bond acceptors (Lipinski definition) is 2. The number of nitrogens with zero attached hydrogens (tertiary/aromatic N) is 2. The molecule has 3 heteroatoms. The van der Waals surface area contributed by atoms with Gasteiger partial charge >= 0.3 is 0 Å². The molecule has 1 fully saturated rings. The quantitative estimate of drug-likeness (QED) is 0.609. The molecule has 3 nitrogen and oxygen atoms in total. The molecule has 0 unspecified atom stereocenters. The molecule has 1 aromatic rings. The van der Waals surface area contributed by atoms with Crippen LogP contribution < -0.4 is 4.90 Å². The molecule has 1 N–H and O–H groups in total. The number of hydrogen-bond donors (Lipinski definition) is 1. The first-order valence-corrected chi connectivity index (χ1v) is 6.62. The van der Waals surface area contributed by atoms with Crippen molar-refractivity contribution in [3.8, 4) is 0 Å². The highest BCUT2D eigenvalue weighted by Gasteiger charge is 2.26. The maximum Gasteiger partial charge on any atom is 0.101 e. The molecule has 1 heterocycles. The van der Waals surface area contributed by atoms with E-state index in [4.69, 9.17) is 5.41 Å². The Kier molecular flexibility index (Phi) is 3.60. The molecule has 1 aliphatic rings. The molecule has 0 amide bonds. The smallest absolute Gasteiger partial charge is 0.101 e. The van der Waals surface area contributed by atoms with Crippen LogP contribution in [0.2, 0.25) is 0 Å². The van der Waals surface area contributed by atoms with E-state index in [2.05, 4.69) is 60.9 Å². The molecular formula is C15H23N3. The van der Waals surface area contributed by atoms with Crippen LogP contribution in [-0.2, 0) is 0 Å². The van der Waals surface area contributed by atoms with Crippen molar-refractivity contribution in [3.05, 3.63) is 30.3 Å². The van der Waals surface area contributed by atoms with Gasteiger partial charge < -0.3 is 9.80 Å². The van der Waals surface area contributed by atoms with Crippen molar-refractivity contribution in [2.24, 2.45) is 5.41 Å². The normalized spacial score (nSPS) is 16.8. The molecule has 0 radical (unpaired) electrons. The summed E-state index contributed by atoms with van der Waals surface area (Å²) in [4.78, 5) is 4.60. The number of para-hydroxylation sites is 1. The molecule has 1 aliphatic heterocycles. The highest BCUT2D eigenvalue weighted by atomic mass is 15.3. The summed E-state index contributed by atoms with van der Waals surface area (Å²) in [6, 6.07) is 10.5. The zero-order valence-corrected chi connectivity index (χ0v) is 11.6. The summed E-state index contributed by atoms with van der Waals surface area (Å²) in [6.07, 6.45) is 0. The van der Waals surface area contributed by atoms with Crippen molar-refractivity contribution < 1.29 is 0 Å². The second-order valence-electron chi connectivity index (χ2n) is 5.91. The van der Waals surface area contributed by atoms with Crippen LogP contribution in [0, 0.1) is 10.8 Å². The van der Waals surface area contributed by atoms with Gasteiger partial charge in [0, 0.05) is 37.3 Å². The fourth-order valence-electron chi connectivity index (χ4n) is 2.30. The minimum atomic E-state index is -0.0467. The molecule has 0 aromatic heterocycles. The van der Waals surface area contributed by atoms with Crippen molar-refractivity contribution in [2.45, 2.75) is 20.8 Å². The van der Waals surface area contributed by atoms with Crippen molar-refractivity contribution in [3.63, 3.8) is 0 Å². The van der Waals surface area contributed by atoms with Gasteiger partial charge in [-0.1, -0.05) is 39.0 Å². The summed E-state index contributed by atoms with van der Waals surface area (Å²) in [5.74, 6) is 0.759. The summed E-state index contributed by atoms with van der Waals surface area (Å²) in [5.41, 5.74) is 1.24. The van der Waals surface area contributed by atoms with Crippen LogP contribution in [0.1, 0.15) is 20.8 Å². The number of piperazine rings is 1. The van der Waals surface area contributed by atoms with Crippen molar-refractivity contribution in [1.82, 2.24) is 4.90 Å². The molecule has 0 aliphatic carbocycles. The first-order chi connectivity index (χ1) is 8.48. The Morgan fingerprint density at radius 3 is 2.06 bits per heavy atom. The third-order valence-corrected chi connectivity index (χ3v) is 3.43. The SMILES string of the molecule is CC(C)(C)C(=N)N1CCN(c2ccccc2)CC1. The molecule has 98 valence electrons. The van der Waals surface area contributed by atoms with Crippen LogP contribution in [0.5, 0.6) is 0 Å². The van der Waals surface area contributed by atoms with E-state index in [0.717, 1.165) is 32.0 Å². The molecule has 1 saturated heterocycles. The Balaban J connectivity index is 1.95. The fourth-order valence-corrected chi connectivity index (χ4v) is 2.30. The summed E-state index contributed by atoms with van der Waals surface area (Å²) in [6.45, 7) is 10.2. The molecule has 0 atom stereocenters. The van der Waals surface area contributed by atoms with Gasteiger partial charge in [-0.15, -0.1) is 0 Å². The van der Waals surface area contributed by atoms with Gasteiger partial charge in [0.05, 0.1) is 0 Å². The Labute approximate surface area is 110 Å². The van der Waals surface area contributed by atoms with E-state index in [0.29, 0.717) is 0 Å². The number of rotatable bonds is 1. The van der Waals surface area contributed by atoms with E-state index < -0.39 is 0 Å². The second kappa shape index (κ2) is 5.01. The van der Waals surface area contributed by atoms with Crippen LogP contribution in [0.25, 0.3) is 0 Å². The molecule has 2 rings (SSSR count). The third kappa shape index (κ3) is 2.84. The average molecular weight is 245 g/mol. The Bertz CT molecular complexity index is 397. The summed E-state index contributed by atoms with van der Waals surface area (Å²) in [7, 11) is 0. The van der Waals surface area contributed by atoms with E-state index >= 15 is 0 Å². The maximum absolute atomic E-state index is 8.21. The average Bonchev–Trinajstić information content (AvgIpc) is 2.38. The molecule has 0 spiro atoms. The van der Waals surface area contributed by atoms with E-state index in [9.17, 15) is 0 Å². The summed E-state index contributed by atoms with van der Waals surface area (Å²) >= 11 is 0. The molecule has 0 bridgehead atoms. The lowest BCUT2D eigenvalue weighted by molar-refractivity contribution is 0.343. The van der Waals surface area contributed by atoms with E-state index in [-0.39, 0.29) is 5.41 Å².